The van der Waals surface area contributed by atoms with Gasteiger partial charge in [-0.3, -0.25) is 4.79 Å². The van der Waals surface area contributed by atoms with Crippen LogP contribution in [0, 0.1) is 0 Å². The molecule has 0 saturated carbocycles. The van der Waals surface area contributed by atoms with Crippen LogP contribution in [0.2, 0.25) is 0 Å². The van der Waals surface area contributed by atoms with E-state index in [-0.39, 0.29) is 16.6 Å². The van der Waals surface area contributed by atoms with Crippen molar-refractivity contribution in [1.29, 1.82) is 0 Å². The molecule has 0 saturated heterocycles. The van der Waals surface area contributed by atoms with E-state index in [4.69, 9.17) is 5.11 Å². The number of alkyl halides is 3. The van der Waals surface area contributed by atoms with Crippen molar-refractivity contribution >= 4 is 21.8 Å². The SMILES string of the molecule is O=C(NCCCCO)c1ccc(Br)c(C(F)(F)F)c1. The number of carbonyl (C=O) groups is 1. The summed E-state index contributed by atoms with van der Waals surface area (Å²) in [6.45, 7) is 0.336. The first kappa shape index (κ1) is 16.0. The number of unbranched alkanes of at least 4 members (excludes halogenated alkanes) is 1. The van der Waals surface area contributed by atoms with Crippen LogP contribution in [0.5, 0.6) is 0 Å². The van der Waals surface area contributed by atoms with E-state index in [9.17, 15) is 18.0 Å². The molecule has 0 aromatic heterocycles. The van der Waals surface area contributed by atoms with E-state index < -0.39 is 17.6 Å². The summed E-state index contributed by atoms with van der Waals surface area (Å²) < 4.78 is 37.9. The number of aliphatic hydroxyl groups excluding tert-OH is 1. The fourth-order valence-corrected chi connectivity index (χ4v) is 1.90. The van der Waals surface area contributed by atoms with E-state index in [0.29, 0.717) is 19.4 Å². The number of carbonyl (C=O) groups excluding carboxylic acids is 1. The Bertz CT molecular complexity index is 449. The maximum atomic E-state index is 12.7. The highest BCUT2D eigenvalue weighted by molar-refractivity contribution is 9.10. The summed E-state index contributed by atoms with van der Waals surface area (Å²) in [5, 5.41) is 11.1. The number of rotatable bonds is 5. The van der Waals surface area contributed by atoms with Gasteiger partial charge in [-0.25, -0.2) is 0 Å². The van der Waals surface area contributed by atoms with Gasteiger partial charge in [-0.05, 0) is 31.0 Å². The lowest BCUT2D eigenvalue weighted by molar-refractivity contribution is -0.138. The number of hydrogen-bond donors (Lipinski definition) is 2. The maximum Gasteiger partial charge on any atom is 0.417 e. The minimum absolute atomic E-state index is 0.0202. The highest BCUT2D eigenvalue weighted by Gasteiger charge is 2.33. The van der Waals surface area contributed by atoms with E-state index in [2.05, 4.69) is 21.2 Å². The molecule has 1 aromatic carbocycles. The molecule has 7 heteroatoms. The van der Waals surface area contributed by atoms with Gasteiger partial charge < -0.3 is 10.4 Å². The topological polar surface area (TPSA) is 49.3 Å². The Morgan fingerprint density at radius 1 is 1.32 bits per heavy atom. The first-order valence-corrected chi connectivity index (χ1v) is 6.41. The summed E-state index contributed by atoms with van der Waals surface area (Å²) >= 11 is 2.81. The van der Waals surface area contributed by atoms with E-state index in [1.54, 1.807) is 0 Å². The monoisotopic (exact) mass is 339 g/mol. The summed E-state index contributed by atoms with van der Waals surface area (Å²) in [7, 11) is 0. The van der Waals surface area contributed by atoms with Gasteiger partial charge in [0.2, 0.25) is 0 Å². The molecule has 0 aliphatic carbocycles. The Morgan fingerprint density at radius 3 is 2.58 bits per heavy atom. The molecule has 3 nitrogen and oxygen atoms in total. The van der Waals surface area contributed by atoms with E-state index in [0.717, 1.165) is 6.07 Å². The minimum atomic E-state index is -4.51. The van der Waals surface area contributed by atoms with Crippen LogP contribution in [0.15, 0.2) is 22.7 Å². The number of nitrogens with one attached hydrogen (secondary N) is 1. The highest BCUT2D eigenvalue weighted by atomic mass is 79.9. The molecule has 0 spiro atoms. The molecular weight excluding hydrogens is 327 g/mol. The number of hydrogen-bond acceptors (Lipinski definition) is 2. The number of amides is 1. The van der Waals surface area contributed by atoms with E-state index in [1.807, 2.05) is 0 Å². The largest absolute Gasteiger partial charge is 0.417 e. The van der Waals surface area contributed by atoms with Crippen molar-refractivity contribution in [2.24, 2.45) is 0 Å². The van der Waals surface area contributed by atoms with Crippen LogP contribution >= 0.6 is 15.9 Å². The molecule has 0 radical (unpaired) electrons. The molecule has 0 unspecified atom stereocenters. The molecule has 2 N–H and O–H groups in total. The third-order valence-corrected chi connectivity index (χ3v) is 3.10. The van der Waals surface area contributed by atoms with Gasteiger partial charge in [-0.2, -0.15) is 13.2 Å². The quantitative estimate of drug-likeness (QED) is 0.810. The molecule has 0 bridgehead atoms. The minimum Gasteiger partial charge on any atom is -0.396 e. The smallest absolute Gasteiger partial charge is 0.396 e. The number of aliphatic hydroxyl groups is 1. The molecule has 0 aliphatic rings. The van der Waals surface area contributed by atoms with Crippen LogP contribution in [-0.4, -0.2) is 24.2 Å². The molecule has 0 atom stereocenters. The fraction of sp³-hybridized carbons (Fsp3) is 0.417. The molecular formula is C12H13BrF3NO2. The van der Waals surface area contributed by atoms with Crippen molar-refractivity contribution in [2.45, 2.75) is 19.0 Å². The van der Waals surface area contributed by atoms with Gasteiger partial charge in [0.1, 0.15) is 0 Å². The first-order valence-electron chi connectivity index (χ1n) is 5.62. The maximum absolute atomic E-state index is 12.7. The Balaban J connectivity index is 2.76. The normalized spacial score (nSPS) is 11.4. The summed E-state index contributed by atoms with van der Waals surface area (Å²) in [6.07, 6.45) is -3.40. The average Bonchev–Trinajstić information content (AvgIpc) is 2.33. The van der Waals surface area contributed by atoms with Crippen molar-refractivity contribution < 1.29 is 23.1 Å². The summed E-state index contributed by atoms with van der Waals surface area (Å²) in [5.74, 6) is -0.559. The number of benzene rings is 1. The van der Waals surface area contributed by atoms with Gasteiger partial charge in [-0.1, -0.05) is 15.9 Å². The van der Waals surface area contributed by atoms with Crippen molar-refractivity contribution in [3.63, 3.8) is 0 Å². The van der Waals surface area contributed by atoms with Crippen molar-refractivity contribution in [1.82, 2.24) is 5.32 Å². The molecule has 1 aromatic rings. The Kier molecular flexibility index (Phi) is 5.81. The van der Waals surface area contributed by atoms with E-state index >= 15 is 0 Å². The summed E-state index contributed by atoms with van der Waals surface area (Å²) in [5.41, 5.74) is -0.921. The predicted molar refractivity (Wildman–Crippen MR) is 67.8 cm³/mol. The third kappa shape index (κ3) is 4.83. The molecule has 19 heavy (non-hydrogen) atoms. The lowest BCUT2D eigenvalue weighted by atomic mass is 10.1. The summed E-state index contributed by atoms with van der Waals surface area (Å²) in [4.78, 5) is 11.6. The zero-order chi connectivity index (χ0) is 14.5. The van der Waals surface area contributed by atoms with Crippen LogP contribution < -0.4 is 5.32 Å². The molecule has 0 heterocycles. The second-order valence-corrected chi connectivity index (χ2v) is 4.73. The fourth-order valence-electron chi connectivity index (χ4n) is 1.42. The van der Waals surface area contributed by atoms with Gasteiger partial charge in [0, 0.05) is 23.2 Å². The number of halogens is 4. The van der Waals surface area contributed by atoms with Crippen molar-refractivity contribution in [3.8, 4) is 0 Å². The molecule has 0 fully saturated rings. The van der Waals surface area contributed by atoms with E-state index in [1.165, 1.54) is 12.1 Å². The zero-order valence-electron chi connectivity index (χ0n) is 9.93. The lowest BCUT2D eigenvalue weighted by Gasteiger charge is -2.11. The third-order valence-electron chi connectivity index (χ3n) is 2.40. The second kappa shape index (κ2) is 6.91. The van der Waals surface area contributed by atoms with Crippen LogP contribution in [0.25, 0.3) is 0 Å². The Hall–Kier alpha value is -1.08. The zero-order valence-corrected chi connectivity index (χ0v) is 11.5. The predicted octanol–water partition coefficient (Wildman–Crippen LogP) is 2.97. The van der Waals surface area contributed by atoms with Crippen LogP contribution in [-0.2, 0) is 6.18 Å². The van der Waals surface area contributed by atoms with Crippen LogP contribution in [0.4, 0.5) is 13.2 Å². The van der Waals surface area contributed by atoms with Gasteiger partial charge in [-0.15, -0.1) is 0 Å². The van der Waals surface area contributed by atoms with Gasteiger partial charge in [0.25, 0.3) is 5.91 Å². The summed E-state index contributed by atoms with van der Waals surface area (Å²) in [6, 6.07) is 3.33. The first-order chi connectivity index (χ1) is 8.86. The second-order valence-electron chi connectivity index (χ2n) is 3.88. The highest BCUT2D eigenvalue weighted by Crippen LogP contribution is 2.35. The molecule has 106 valence electrons. The van der Waals surface area contributed by atoms with Crippen LogP contribution in [0.3, 0.4) is 0 Å². The lowest BCUT2D eigenvalue weighted by Crippen LogP contribution is -2.25. The van der Waals surface area contributed by atoms with Crippen molar-refractivity contribution in [3.05, 3.63) is 33.8 Å². The molecule has 0 aliphatic heterocycles. The Labute approximate surface area is 116 Å². The van der Waals surface area contributed by atoms with Crippen LogP contribution in [0.1, 0.15) is 28.8 Å². The standard InChI is InChI=1S/C12H13BrF3NO2/c13-10-4-3-8(7-9(10)12(14,15)16)11(19)17-5-1-2-6-18/h3-4,7,18H,1-2,5-6H2,(H,17,19). The average molecular weight is 340 g/mol. The van der Waals surface area contributed by atoms with Gasteiger partial charge in [0.15, 0.2) is 0 Å². The Morgan fingerprint density at radius 2 is 2.00 bits per heavy atom. The van der Waals surface area contributed by atoms with Gasteiger partial charge >= 0.3 is 6.18 Å². The molecule has 1 amide bonds. The van der Waals surface area contributed by atoms with Gasteiger partial charge in [0.05, 0.1) is 5.56 Å². The van der Waals surface area contributed by atoms with Crippen molar-refractivity contribution in [2.75, 3.05) is 13.2 Å². The molecule has 1 rings (SSSR count).